The maximum Gasteiger partial charge on any atom is 0.306 e. The van der Waals surface area contributed by atoms with Crippen LogP contribution in [0, 0.1) is 0 Å². The van der Waals surface area contributed by atoms with E-state index in [1.54, 1.807) is 0 Å². The number of carbonyl (C=O) groups excluding carboxylic acids is 3. The van der Waals surface area contributed by atoms with Gasteiger partial charge in [-0.15, -0.1) is 0 Å². The first kappa shape index (κ1) is 61.6. The molecule has 0 N–H and O–H groups in total. The van der Waals surface area contributed by atoms with Gasteiger partial charge in [0.15, 0.2) is 6.10 Å². The van der Waals surface area contributed by atoms with Crippen LogP contribution in [-0.4, -0.2) is 37.2 Å². The van der Waals surface area contributed by atoms with Crippen LogP contribution < -0.4 is 0 Å². The van der Waals surface area contributed by atoms with Crippen LogP contribution in [0.25, 0.3) is 0 Å². The molecular formula is C58H106O6. The molecule has 0 amide bonds. The molecule has 1 atom stereocenters. The summed E-state index contributed by atoms with van der Waals surface area (Å²) < 4.78 is 16.8. The molecule has 0 aliphatic rings. The highest BCUT2D eigenvalue weighted by atomic mass is 16.6. The van der Waals surface area contributed by atoms with Gasteiger partial charge in [-0.1, -0.05) is 243 Å². The van der Waals surface area contributed by atoms with E-state index in [0.717, 1.165) is 64.2 Å². The van der Waals surface area contributed by atoms with Crippen molar-refractivity contribution in [3.05, 3.63) is 36.5 Å². The third-order valence-corrected chi connectivity index (χ3v) is 12.4. The van der Waals surface area contributed by atoms with E-state index in [9.17, 15) is 14.4 Å². The maximum absolute atomic E-state index is 12.8. The molecule has 1 unspecified atom stereocenters. The number of hydrogen-bond donors (Lipinski definition) is 0. The molecule has 0 aromatic rings. The average molecular weight is 899 g/mol. The first-order valence-electron chi connectivity index (χ1n) is 28.0. The highest BCUT2D eigenvalue weighted by Gasteiger charge is 2.19. The van der Waals surface area contributed by atoms with E-state index < -0.39 is 6.10 Å². The van der Waals surface area contributed by atoms with Gasteiger partial charge in [0.25, 0.3) is 0 Å². The van der Waals surface area contributed by atoms with Crippen LogP contribution in [0.3, 0.4) is 0 Å². The van der Waals surface area contributed by atoms with Crippen molar-refractivity contribution in [3.8, 4) is 0 Å². The standard InChI is InChI=1S/C58H106O6/c1-4-7-10-13-16-19-22-25-27-28-29-30-32-33-36-39-42-45-48-51-57(60)63-54-55(53-62-56(59)50-47-44-41-38-35-24-21-18-15-12-9-6-3)64-58(61)52-49-46-43-40-37-34-31-26-23-20-17-14-11-8-5-2/h17,20,23,26,28-29,55H,4-16,18-19,21-22,24-25,27,30-54H2,1-3H3/b20-17-,26-23-,29-28-. The summed E-state index contributed by atoms with van der Waals surface area (Å²) in [6.07, 6.45) is 62.7. The molecule has 0 aliphatic carbocycles. The van der Waals surface area contributed by atoms with Gasteiger partial charge in [0, 0.05) is 19.3 Å². The Balaban J connectivity index is 4.33. The third-order valence-electron chi connectivity index (χ3n) is 12.4. The number of carbonyl (C=O) groups is 3. The maximum atomic E-state index is 12.8. The Hall–Kier alpha value is -2.37. The van der Waals surface area contributed by atoms with Crippen LogP contribution in [0.4, 0.5) is 0 Å². The van der Waals surface area contributed by atoms with Gasteiger partial charge in [-0.2, -0.15) is 0 Å². The summed E-state index contributed by atoms with van der Waals surface area (Å²) in [5.74, 6) is -0.878. The van der Waals surface area contributed by atoms with E-state index in [0.29, 0.717) is 19.3 Å². The molecule has 0 radical (unpaired) electrons. The molecule has 0 aromatic heterocycles. The lowest BCUT2D eigenvalue weighted by atomic mass is 10.0. The van der Waals surface area contributed by atoms with Crippen molar-refractivity contribution >= 4 is 17.9 Å². The van der Waals surface area contributed by atoms with Crippen molar-refractivity contribution in [1.29, 1.82) is 0 Å². The van der Waals surface area contributed by atoms with Crippen LogP contribution in [0.2, 0.25) is 0 Å². The third kappa shape index (κ3) is 50.6. The molecule has 0 spiro atoms. The molecule has 0 aromatic carbocycles. The number of unbranched alkanes of at least 4 members (excludes halogenated alkanes) is 35. The molecule has 6 heteroatoms. The molecule has 0 bridgehead atoms. The molecule has 0 fully saturated rings. The number of allylic oxidation sites excluding steroid dienone is 6. The summed E-state index contributed by atoms with van der Waals surface area (Å²) in [4.78, 5) is 38.1. The molecule has 0 saturated carbocycles. The first-order chi connectivity index (χ1) is 31.5. The van der Waals surface area contributed by atoms with E-state index in [-0.39, 0.29) is 31.1 Å². The van der Waals surface area contributed by atoms with Crippen molar-refractivity contribution in [2.45, 2.75) is 303 Å². The summed E-state index contributed by atoms with van der Waals surface area (Å²) >= 11 is 0. The summed E-state index contributed by atoms with van der Waals surface area (Å²) in [6, 6.07) is 0. The van der Waals surface area contributed by atoms with Crippen molar-refractivity contribution < 1.29 is 28.6 Å². The second-order valence-electron chi connectivity index (χ2n) is 18.9. The molecule has 374 valence electrons. The summed E-state index contributed by atoms with van der Waals surface area (Å²) in [6.45, 7) is 6.62. The largest absolute Gasteiger partial charge is 0.462 e. The van der Waals surface area contributed by atoms with Crippen LogP contribution in [0.1, 0.15) is 297 Å². The van der Waals surface area contributed by atoms with Gasteiger partial charge >= 0.3 is 17.9 Å². The van der Waals surface area contributed by atoms with Crippen molar-refractivity contribution in [2.75, 3.05) is 13.2 Å². The minimum Gasteiger partial charge on any atom is -0.462 e. The Morgan fingerprint density at radius 1 is 0.312 bits per heavy atom. The van der Waals surface area contributed by atoms with E-state index in [1.807, 2.05) is 0 Å². The van der Waals surface area contributed by atoms with Gasteiger partial charge < -0.3 is 14.2 Å². The lowest BCUT2D eigenvalue weighted by Crippen LogP contribution is -2.30. The number of ether oxygens (including phenoxy) is 3. The molecule has 0 heterocycles. The van der Waals surface area contributed by atoms with Crippen LogP contribution in [0.5, 0.6) is 0 Å². The number of hydrogen-bond acceptors (Lipinski definition) is 6. The Morgan fingerprint density at radius 3 is 0.906 bits per heavy atom. The van der Waals surface area contributed by atoms with Gasteiger partial charge in [-0.25, -0.2) is 0 Å². The molecule has 6 nitrogen and oxygen atoms in total. The van der Waals surface area contributed by atoms with Gasteiger partial charge in [0.05, 0.1) is 0 Å². The van der Waals surface area contributed by atoms with E-state index in [4.69, 9.17) is 14.2 Å². The van der Waals surface area contributed by atoms with E-state index in [2.05, 4.69) is 57.2 Å². The van der Waals surface area contributed by atoms with Crippen LogP contribution in [-0.2, 0) is 28.6 Å². The molecule has 64 heavy (non-hydrogen) atoms. The van der Waals surface area contributed by atoms with Crippen molar-refractivity contribution in [2.24, 2.45) is 0 Å². The Labute approximate surface area is 397 Å². The van der Waals surface area contributed by atoms with Gasteiger partial charge in [-0.3, -0.25) is 14.4 Å². The summed E-state index contributed by atoms with van der Waals surface area (Å²) in [7, 11) is 0. The fourth-order valence-electron chi connectivity index (χ4n) is 8.14. The fraction of sp³-hybridized carbons (Fsp3) is 0.845. The average Bonchev–Trinajstić information content (AvgIpc) is 3.29. The zero-order valence-electron chi connectivity index (χ0n) is 42.8. The highest BCUT2D eigenvalue weighted by molar-refractivity contribution is 5.71. The second-order valence-corrected chi connectivity index (χ2v) is 18.9. The monoisotopic (exact) mass is 899 g/mol. The minimum absolute atomic E-state index is 0.0751. The predicted octanol–water partition coefficient (Wildman–Crippen LogP) is 18.5. The van der Waals surface area contributed by atoms with Gasteiger partial charge in [0.2, 0.25) is 0 Å². The Kier molecular flexibility index (Phi) is 51.3. The highest BCUT2D eigenvalue weighted by Crippen LogP contribution is 2.16. The Morgan fingerprint density at radius 2 is 0.562 bits per heavy atom. The topological polar surface area (TPSA) is 78.9 Å². The zero-order chi connectivity index (χ0) is 46.5. The smallest absolute Gasteiger partial charge is 0.306 e. The predicted molar refractivity (Wildman–Crippen MR) is 275 cm³/mol. The number of esters is 3. The molecule has 0 rings (SSSR count). The quantitative estimate of drug-likeness (QED) is 0.0199. The molecular weight excluding hydrogens is 793 g/mol. The minimum atomic E-state index is -0.776. The van der Waals surface area contributed by atoms with Gasteiger partial charge in [0.1, 0.15) is 13.2 Å². The van der Waals surface area contributed by atoms with E-state index >= 15 is 0 Å². The van der Waals surface area contributed by atoms with E-state index in [1.165, 1.54) is 193 Å². The van der Waals surface area contributed by atoms with Crippen LogP contribution in [0.15, 0.2) is 36.5 Å². The van der Waals surface area contributed by atoms with Crippen molar-refractivity contribution in [3.63, 3.8) is 0 Å². The normalized spacial score (nSPS) is 12.2. The van der Waals surface area contributed by atoms with Crippen molar-refractivity contribution in [1.82, 2.24) is 0 Å². The summed E-state index contributed by atoms with van der Waals surface area (Å²) in [5, 5.41) is 0. The summed E-state index contributed by atoms with van der Waals surface area (Å²) in [5.41, 5.74) is 0. The molecule has 0 saturated heterocycles. The SMILES string of the molecule is CCCCC/C=C\C=C/CCCCCCCCC(=O)OC(COC(=O)CCCCCCCCC/C=C\CCCCCCCCCC)COC(=O)CCCCCCCCCCCCCC. The lowest BCUT2D eigenvalue weighted by molar-refractivity contribution is -0.167. The van der Waals surface area contributed by atoms with Crippen LogP contribution >= 0.6 is 0 Å². The fourth-order valence-corrected chi connectivity index (χ4v) is 8.14. The number of rotatable bonds is 51. The molecule has 0 aliphatic heterocycles. The first-order valence-corrected chi connectivity index (χ1v) is 28.0. The second kappa shape index (κ2) is 53.2. The van der Waals surface area contributed by atoms with Gasteiger partial charge in [-0.05, 0) is 70.6 Å². The zero-order valence-corrected chi connectivity index (χ0v) is 42.8. The Bertz CT molecular complexity index is 1080. The lowest BCUT2D eigenvalue weighted by Gasteiger charge is -2.18.